The number of hydrogen-bond donors (Lipinski definition) is 0. The number of carbonyl (C=O) groups is 1. The van der Waals surface area contributed by atoms with Gasteiger partial charge in [-0.1, -0.05) is 18.2 Å². The lowest BCUT2D eigenvalue weighted by atomic mass is 10.0. The Morgan fingerprint density at radius 3 is 2.76 bits per heavy atom. The molecule has 1 aliphatic rings. The Labute approximate surface area is 122 Å². The molecule has 0 fully saturated rings. The smallest absolute Gasteiger partial charge is 0.262 e. The summed E-state index contributed by atoms with van der Waals surface area (Å²) in [5.41, 5.74) is 0.511. The summed E-state index contributed by atoms with van der Waals surface area (Å²) in [5, 5.41) is 0.544. The fourth-order valence-corrected chi connectivity index (χ4v) is 2.93. The van der Waals surface area contributed by atoms with Crippen molar-refractivity contribution in [3.8, 4) is 0 Å². The second-order valence-electron chi connectivity index (χ2n) is 5.33. The van der Waals surface area contributed by atoms with Crippen molar-refractivity contribution in [2.75, 3.05) is 7.05 Å². The molecule has 0 saturated heterocycles. The maximum atomic E-state index is 12.7. The molecule has 1 aromatic carbocycles. The van der Waals surface area contributed by atoms with Gasteiger partial charge in [-0.05, 0) is 25.5 Å². The number of benzene rings is 1. The minimum atomic E-state index is -0.532. The molecule has 108 valence electrons. The highest BCUT2D eigenvalue weighted by Crippen LogP contribution is 2.31. The fraction of sp³-hybridized carbons (Fsp3) is 0.312. The van der Waals surface area contributed by atoms with Crippen molar-refractivity contribution in [2.45, 2.75) is 25.4 Å². The van der Waals surface area contributed by atoms with Crippen LogP contribution < -0.4 is 5.56 Å². The van der Waals surface area contributed by atoms with Crippen molar-refractivity contribution in [1.82, 2.24) is 14.5 Å². The van der Waals surface area contributed by atoms with Crippen LogP contribution in [0.2, 0.25) is 0 Å². The first-order chi connectivity index (χ1) is 10.1. The highest BCUT2D eigenvalue weighted by atomic mass is 16.2. The average Bonchev–Trinajstić information content (AvgIpc) is 2.49. The Hall–Kier alpha value is -2.43. The fourth-order valence-electron chi connectivity index (χ4n) is 2.93. The van der Waals surface area contributed by atoms with E-state index in [2.05, 4.69) is 11.6 Å². The predicted molar refractivity (Wildman–Crippen MR) is 81.0 cm³/mol. The quantitative estimate of drug-likeness (QED) is 0.793. The molecule has 1 aliphatic heterocycles. The van der Waals surface area contributed by atoms with Gasteiger partial charge in [0.2, 0.25) is 5.91 Å². The van der Waals surface area contributed by atoms with E-state index < -0.39 is 6.04 Å². The number of para-hydroxylation sites is 1. The predicted octanol–water partition coefficient (Wildman–Crippen LogP) is 2.05. The van der Waals surface area contributed by atoms with Crippen LogP contribution in [0.25, 0.3) is 10.9 Å². The maximum Gasteiger partial charge on any atom is 0.262 e. The molecule has 2 aromatic rings. The molecule has 1 amide bonds. The van der Waals surface area contributed by atoms with E-state index >= 15 is 0 Å². The first-order valence-electron chi connectivity index (χ1n) is 6.95. The summed E-state index contributed by atoms with van der Waals surface area (Å²) in [6.07, 6.45) is 2.32. The third-order valence-electron chi connectivity index (χ3n) is 4.08. The highest BCUT2D eigenvalue weighted by Gasteiger charge is 2.36. The Morgan fingerprint density at radius 1 is 1.33 bits per heavy atom. The number of hydrogen-bond acceptors (Lipinski definition) is 3. The lowest BCUT2D eigenvalue weighted by Crippen LogP contribution is -2.47. The molecule has 3 rings (SSSR count). The molecule has 1 aromatic heterocycles. The summed E-state index contributed by atoms with van der Waals surface area (Å²) in [6, 6.07) is 6.45. The van der Waals surface area contributed by atoms with Crippen molar-refractivity contribution < 1.29 is 4.79 Å². The van der Waals surface area contributed by atoms with Crippen LogP contribution in [0.5, 0.6) is 0 Å². The van der Waals surface area contributed by atoms with Gasteiger partial charge in [0.05, 0.1) is 16.9 Å². The van der Waals surface area contributed by atoms with E-state index in [0.29, 0.717) is 23.1 Å². The van der Waals surface area contributed by atoms with Crippen molar-refractivity contribution in [2.24, 2.45) is 0 Å². The zero-order valence-electron chi connectivity index (χ0n) is 12.1. The van der Waals surface area contributed by atoms with Crippen LogP contribution in [0.3, 0.4) is 0 Å². The van der Waals surface area contributed by atoms with Gasteiger partial charge >= 0.3 is 0 Å². The van der Waals surface area contributed by atoms with Crippen LogP contribution >= 0.6 is 0 Å². The van der Waals surface area contributed by atoms with Crippen LogP contribution in [-0.2, 0) is 4.79 Å². The zero-order chi connectivity index (χ0) is 15.1. The first-order valence-corrected chi connectivity index (χ1v) is 6.95. The molecule has 0 N–H and O–H groups in total. The van der Waals surface area contributed by atoms with Gasteiger partial charge in [-0.15, -0.1) is 6.58 Å². The van der Waals surface area contributed by atoms with Crippen molar-refractivity contribution in [3.63, 3.8) is 0 Å². The average molecular weight is 283 g/mol. The summed E-state index contributed by atoms with van der Waals surface area (Å²) in [6.45, 7) is 5.48. The molecule has 5 heteroatoms. The third-order valence-corrected chi connectivity index (χ3v) is 4.08. The van der Waals surface area contributed by atoms with Gasteiger partial charge in [0.1, 0.15) is 11.9 Å². The molecule has 2 atom stereocenters. The summed E-state index contributed by atoms with van der Waals surface area (Å²) in [4.78, 5) is 31.4. The minimum Gasteiger partial charge on any atom is -0.333 e. The second kappa shape index (κ2) is 4.84. The first kappa shape index (κ1) is 13.5. The van der Waals surface area contributed by atoms with E-state index in [-0.39, 0.29) is 17.5 Å². The van der Waals surface area contributed by atoms with E-state index in [1.165, 1.54) is 4.57 Å². The molecule has 21 heavy (non-hydrogen) atoms. The number of fused-ring (bicyclic) bond motifs is 2. The van der Waals surface area contributed by atoms with E-state index in [4.69, 9.17) is 0 Å². The molecule has 5 nitrogen and oxygen atoms in total. The SMILES string of the molecule is C=CC[C@@H]1c2nc3ccccc3c(=O)n2[C@@H](C)C(=O)N1C. The molecule has 0 unspecified atom stereocenters. The summed E-state index contributed by atoms with van der Waals surface area (Å²) < 4.78 is 1.53. The molecular weight excluding hydrogens is 266 g/mol. The summed E-state index contributed by atoms with van der Waals surface area (Å²) >= 11 is 0. The van der Waals surface area contributed by atoms with E-state index in [0.717, 1.165) is 0 Å². The van der Waals surface area contributed by atoms with Crippen LogP contribution in [0.1, 0.15) is 31.3 Å². The number of aromatic nitrogens is 2. The molecule has 0 radical (unpaired) electrons. The molecule has 0 saturated carbocycles. The van der Waals surface area contributed by atoms with Gasteiger partial charge < -0.3 is 4.90 Å². The molecule has 0 aliphatic carbocycles. The molecule has 0 bridgehead atoms. The maximum absolute atomic E-state index is 12.7. The Bertz CT molecular complexity index is 794. The zero-order valence-corrected chi connectivity index (χ0v) is 12.1. The second-order valence-corrected chi connectivity index (χ2v) is 5.33. The van der Waals surface area contributed by atoms with Crippen molar-refractivity contribution in [1.29, 1.82) is 0 Å². The number of amides is 1. The number of rotatable bonds is 2. The van der Waals surface area contributed by atoms with Crippen LogP contribution in [0.15, 0.2) is 41.7 Å². The molecule has 2 heterocycles. The van der Waals surface area contributed by atoms with Gasteiger partial charge in [0, 0.05) is 7.05 Å². The highest BCUT2D eigenvalue weighted by molar-refractivity contribution is 5.83. The monoisotopic (exact) mass is 283 g/mol. The van der Waals surface area contributed by atoms with Gasteiger partial charge in [0.15, 0.2) is 0 Å². The van der Waals surface area contributed by atoms with Crippen LogP contribution in [-0.4, -0.2) is 27.4 Å². The van der Waals surface area contributed by atoms with Gasteiger partial charge in [-0.2, -0.15) is 0 Å². The number of likely N-dealkylation sites (N-methyl/N-ethyl adjacent to an activating group) is 1. The van der Waals surface area contributed by atoms with Crippen LogP contribution in [0.4, 0.5) is 0 Å². The van der Waals surface area contributed by atoms with Crippen LogP contribution in [0, 0.1) is 0 Å². The van der Waals surface area contributed by atoms with Crippen molar-refractivity contribution in [3.05, 3.63) is 53.1 Å². The molecule has 0 spiro atoms. The number of carbonyl (C=O) groups excluding carboxylic acids is 1. The summed E-state index contributed by atoms with van der Waals surface area (Å²) in [5.74, 6) is 0.557. The normalized spacial score (nSPS) is 21.4. The third kappa shape index (κ3) is 1.88. The van der Waals surface area contributed by atoms with Gasteiger partial charge in [-0.3, -0.25) is 14.2 Å². The lowest BCUT2D eigenvalue weighted by Gasteiger charge is -2.37. The van der Waals surface area contributed by atoms with E-state index in [9.17, 15) is 9.59 Å². The Balaban J connectivity index is 2.37. The summed E-state index contributed by atoms with van der Waals surface area (Å²) in [7, 11) is 1.75. The largest absolute Gasteiger partial charge is 0.333 e. The van der Waals surface area contributed by atoms with E-state index in [1.54, 1.807) is 37.1 Å². The van der Waals surface area contributed by atoms with Gasteiger partial charge in [0.25, 0.3) is 5.56 Å². The minimum absolute atomic E-state index is 0.0754. The van der Waals surface area contributed by atoms with Crippen molar-refractivity contribution >= 4 is 16.8 Å². The van der Waals surface area contributed by atoms with E-state index in [1.807, 2.05) is 12.1 Å². The molecular formula is C16H17N3O2. The van der Waals surface area contributed by atoms with Gasteiger partial charge in [-0.25, -0.2) is 4.98 Å². The Morgan fingerprint density at radius 2 is 2.05 bits per heavy atom. The topological polar surface area (TPSA) is 55.2 Å². The number of nitrogens with zero attached hydrogens (tertiary/aromatic N) is 3. The lowest BCUT2D eigenvalue weighted by molar-refractivity contribution is -0.137. The standard InChI is InChI=1S/C16H17N3O2/c1-4-7-13-14-17-12-9-6-5-8-11(12)16(21)19(14)10(2)15(20)18(13)3/h4-6,8-10,13H,1,7H2,2-3H3/t10-,13+/m0/s1. The Kier molecular flexibility index (Phi) is 3.12.